The van der Waals surface area contributed by atoms with Gasteiger partial charge in [0.2, 0.25) is 0 Å². The van der Waals surface area contributed by atoms with Gasteiger partial charge in [-0.25, -0.2) is 18.2 Å². The lowest BCUT2D eigenvalue weighted by atomic mass is 10.1. The van der Waals surface area contributed by atoms with Gasteiger partial charge >= 0.3 is 0 Å². The van der Waals surface area contributed by atoms with Crippen LogP contribution in [0.15, 0.2) is 24.3 Å². The van der Waals surface area contributed by atoms with Crippen molar-refractivity contribution in [1.82, 2.24) is 4.98 Å². The van der Waals surface area contributed by atoms with Crippen LogP contribution in [-0.4, -0.2) is 17.0 Å². The van der Waals surface area contributed by atoms with E-state index >= 15 is 0 Å². The van der Waals surface area contributed by atoms with Crippen LogP contribution in [0.25, 0.3) is 11.3 Å². The van der Waals surface area contributed by atoms with Crippen LogP contribution in [0.5, 0.6) is 0 Å². The summed E-state index contributed by atoms with van der Waals surface area (Å²) < 4.78 is 39.7. The van der Waals surface area contributed by atoms with Crippen LogP contribution in [0.4, 0.5) is 24.7 Å². The first-order valence-electron chi connectivity index (χ1n) is 5.41. The van der Waals surface area contributed by atoms with Crippen molar-refractivity contribution in [2.24, 2.45) is 0 Å². The van der Waals surface area contributed by atoms with Crippen molar-refractivity contribution in [2.75, 3.05) is 12.4 Å². The van der Waals surface area contributed by atoms with Crippen LogP contribution < -0.4 is 5.32 Å². The number of halogens is 3. The highest BCUT2D eigenvalue weighted by atomic mass is 19.2. The van der Waals surface area contributed by atoms with Crippen LogP contribution in [0, 0.1) is 27.6 Å². The Kier molecular flexibility index (Phi) is 3.55. The van der Waals surface area contributed by atoms with Gasteiger partial charge in [0.1, 0.15) is 11.6 Å². The van der Waals surface area contributed by atoms with Gasteiger partial charge in [0.25, 0.3) is 5.69 Å². The van der Waals surface area contributed by atoms with Gasteiger partial charge in [-0.2, -0.15) is 0 Å². The summed E-state index contributed by atoms with van der Waals surface area (Å²) in [4.78, 5) is 14.0. The molecule has 1 heterocycles. The normalized spacial score (nSPS) is 10.4. The van der Waals surface area contributed by atoms with Gasteiger partial charge in [0, 0.05) is 24.7 Å². The van der Waals surface area contributed by atoms with Gasteiger partial charge in [-0.3, -0.25) is 10.1 Å². The fourth-order valence-electron chi connectivity index (χ4n) is 1.61. The van der Waals surface area contributed by atoms with E-state index in [9.17, 15) is 23.3 Å². The predicted molar refractivity (Wildman–Crippen MR) is 65.7 cm³/mol. The van der Waals surface area contributed by atoms with E-state index in [1.807, 2.05) is 0 Å². The third kappa shape index (κ3) is 2.53. The molecule has 1 N–H and O–H groups in total. The first-order chi connectivity index (χ1) is 9.42. The number of nitro groups is 1. The van der Waals surface area contributed by atoms with Gasteiger partial charge in [-0.05, 0) is 6.07 Å². The lowest BCUT2D eigenvalue weighted by Gasteiger charge is -2.06. The lowest BCUT2D eigenvalue weighted by Crippen LogP contribution is -1.99. The lowest BCUT2D eigenvalue weighted by molar-refractivity contribution is -0.384. The molecule has 5 nitrogen and oxygen atoms in total. The largest absolute Gasteiger partial charge is 0.373 e. The van der Waals surface area contributed by atoms with Crippen molar-refractivity contribution >= 4 is 11.5 Å². The van der Waals surface area contributed by atoms with Gasteiger partial charge in [-0.1, -0.05) is 0 Å². The zero-order valence-electron chi connectivity index (χ0n) is 10.2. The molecule has 0 saturated carbocycles. The van der Waals surface area contributed by atoms with Crippen LogP contribution in [0.1, 0.15) is 0 Å². The molecule has 0 aliphatic heterocycles. The molecule has 0 spiro atoms. The molecular weight excluding hydrogens is 275 g/mol. The molecule has 0 bridgehead atoms. The van der Waals surface area contributed by atoms with E-state index in [0.717, 1.165) is 12.1 Å². The Balaban J connectivity index is 2.66. The minimum atomic E-state index is -1.34. The summed E-state index contributed by atoms with van der Waals surface area (Å²) in [6, 6.07) is 3.10. The minimum Gasteiger partial charge on any atom is -0.373 e. The summed E-state index contributed by atoms with van der Waals surface area (Å²) in [5.74, 6) is -3.55. The summed E-state index contributed by atoms with van der Waals surface area (Å²) in [6.07, 6.45) is 0. The zero-order chi connectivity index (χ0) is 14.9. The number of anilines is 1. The molecule has 1 aromatic heterocycles. The second-order valence-corrected chi connectivity index (χ2v) is 3.85. The summed E-state index contributed by atoms with van der Waals surface area (Å²) in [7, 11) is 1.47. The van der Waals surface area contributed by atoms with E-state index in [1.165, 1.54) is 7.05 Å². The number of hydrogen-bond acceptors (Lipinski definition) is 4. The molecule has 1 aromatic carbocycles. The van der Waals surface area contributed by atoms with E-state index in [0.29, 0.717) is 12.1 Å². The fraction of sp³-hybridized carbons (Fsp3) is 0.0833. The highest BCUT2D eigenvalue weighted by molar-refractivity contribution is 5.66. The molecule has 8 heteroatoms. The Morgan fingerprint density at radius 1 is 1.10 bits per heavy atom. The van der Waals surface area contributed by atoms with Crippen molar-refractivity contribution in [3.8, 4) is 11.3 Å². The van der Waals surface area contributed by atoms with Crippen molar-refractivity contribution in [1.29, 1.82) is 0 Å². The Bertz CT molecular complexity index is 692. The fourth-order valence-corrected chi connectivity index (χ4v) is 1.61. The van der Waals surface area contributed by atoms with Crippen molar-refractivity contribution < 1.29 is 18.1 Å². The average Bonchev–Trinajstić information content (AvgIpc) is 2.42. The molecule has 0 unspecified atom stereocenters. The third-order valence-corrected chi connectivity index (χ3v) is 2.56. The number of aromatic nitrogens is 1. The third-order valence-electron chi connectivity index (χ3n) is 2.56. The van der Waals surface area contributed by atoms with Gasteiger partial charge in [0.15, 0.2) is 11.6 Å². The SMILES string of the molecule is CNc1cc([N+](=O)[O-])cc(-c2cc(F)c(F)cc2F)n1. The molecule has 0 aliphatic rings. The molecule has 0 atom stereocenters. The number of nitrogens with zero attached hydrogens (tertiary/aromatic N) is 2. The first-order valence-corrected chi connectivity index (χ1v) is 5.41. The molecule has 0 saturated heterocycles. The van der Waals surface area contributed by atoms with Crippen LogP contribution in [0.3, 0.4) is 0 Å². The minimum absolute atomic E-state index is 0.110. The number of nitrogens with one attached hydrogen (secondary N) is 1. The van der Waals surface area contributed by atoms with Crippen LogP contribution in [-0.2, 0) is 0 Å². The Morgan fingerprint density at radius 3 is 2.35 bits per heavy atom. The first kappa shape index (κ1) is 13.8. The average molecular weight is 283 g/mol. The summed E-state index contributed by atoms with van der Waals surface area (Å²) in [5, 5.41) is 13.4. The monoisotopic (exact) mass is 283 g/mol. The molecule has 0 amide bonds. The van der Waals surface area contributed by atoms with Crippen LogP contribution >= 0.6 is 0 Å². The molecule has 2 rings (SSSR count). The smallest absolute Gasteiger partial charge is 0.275 e. The Hall–Kier alpha value is -2.64. The van der Waals surface area contributed by atoms with Gasteiger partial charge < -0.3 is 5.32 Å². The maximum absolute atomic E-state index is 13.6. The molecule has 0 fully saturated rings. The number of benzene rings is 1. The zero-order valence-corrected chi connectivity index (χ0v) is 10.2. The van der Waals surface area contributed by atoms with Crippen molar-refractivity contribution in [3.05, 3.63) is 51.8 Å². The molecule has 2 aromatic rings. The van der Waals surface area contributed by atoms with E-state index in [1.54, 1.807) is 0 Å². The number of hydrogen-bond donors (Lipinski definition) is 1. The van der Waals surface area contributed by atoms with E-state index < -0.39 is 22.4 Å². The second kappa shape index (κ2) is 5.16. The van der Waals surface area contributed by atoms with Crippen molar-refractivity contribution in [2.45, 2.75) is 0 Å². The second-order valence-electron chi connectivity index (χ2n) is 3.85. The van der Waals surface area contributed by atoms with Crippen LogP contribution in [0.2, 0.25) is 0 Å². The van der Waals surface area contributed by atoms with Crippen molar-refractivity contribution in [3.63, 3.8) is 0 Å². The molecule has 0 aliphatic carbocycles. The van der Waals surface area contributed by atoms with E-state index in [-0.39, 0.29) is 22.8 Å². The topological polar surface area (TPSA) is 68.1 Å². The Morgan fingerprint density at radius 2 is 1.75 bits per heavy atom. The van der Waals surface area contributed by atoms with Gasteiger partial charge in [-0.15, -0.1) is 0 Å². The Labute approximate surface area is 111 Å². The van der Waals surface area contributed by atoms with E-state index in [4.69, 9.17) is 0 Å². The highest BCUT2D eigenvalue weighted by Crippen LogP contribution is 2.28. The maximum atomic E-state index is 13.6. The summed E-state index contributed by atoms with van der Waals surface area (Å²) >= 11 is 0. The quantitative estimate of drug-likeness (QED) is 0.534. The summed E-state index contributed by atoms with van der Waals surface area (Å²) in [5.41, 5.74) is -0.868. The molecule has 0 radical (unpaired) electrons. The predicted octanol–water partition coefficient (Wildman–Crippen LogP) is 3.12. The standard InChI is InChI=1S/C12H8F3N3O2/c1-16-12-3-6(18(19)20)2-11(17-12)7-4-9(14)10(15)5-8(7)13/h2-5H,1H3,(H,16,17). The number of rotatable bonds is 3. The summed E-state index contributed by atoms with van der Waals surface area (Å²) in [6.45, 7) is 0. The number of pyridine rings is 1. The molecular formula is C12H8F3N3O2. The molecule has 104 valence electrons. The van der Waals surface area contributed by atoms with E-state index in [2.05, 4.69) is 10.3 Å². The highest BCUT2D eigenvalue weighted by Gasteiger charge is 2.17. The molecule has 20 heavy (non-hydrogen) atoms. The van der Waals surface area contributed by atoms with Gasteiger partial charge in [0.05, 0.1) is 16.7 Å². The maximum Gasteiger partial charge on any atom is 0.275 e.